The number of amides is 1. The first kappa shape index (κ1) is 21.6. The molecule has 3 aromatic rings. The van der Waals surface area contributed by atoms with Crippen LogP contribution < -0.4 is 4.74 Å². The summed E-state index contributed by atoms with van der Waals surface area (Å²) in [5, 5.41) is 5.96. The van der Waals surface area contributed by atoms with Crippen molar-refractivity contribution in [3.8, 4) is 17.1 Å². The zero-order valence-corrected chi connectivity index (χ0v) is 19.0. The van der Waals surface area contributed by atoms with Crippen LogP contribution in [-0.2, 0) is 16.4 Å². The summed E-state index contributed by atoms with van der Waals surface area (Å²) in [5.74, 6) is 0.976. The standard InChI is InChI=1S/C22H24N2O5S2/c1-3-28-18-6-4-16(5-7-18)20-12-19(23-29-20)22(25)24(13-21-15(2)8-10-30-21)17-9-11-31(26,27)14-17/h4-8,10,12,17H,3,9,11,13-14H2,1-2H3/t17-/m0/s1. The highest BCUT2D eigenvalue weighted by Gasteiger charge is 2.36. The van der Waals surface area contributed by atoms with Gasteiger partial charge in [0.2, 0.25) is 0 Å². The fraction of sp³-hybridized carbons (Fsp3) is 0.364. The largest absolute Gasteiger partial charge is 0.494 e. The minimum absolute atomic E-state index is 0.0211. The van der Waals surface area contributed by atoms with E-state index in [1.54, 1.807) is 22.3 Å². The maximum Gasteiger partial charge on any atom is 0.276 e. The Kier molecular flexibility index (Phi) is 6.15. The number of hydrogen-bond donors (Lipinski definition) is 0. The molecule has 0 N–H and O–H groups in total. The Bertz CT molecular complexity index is 1160. The van der Waals surface area contributed by atoms with Gasteiger partial charge >= 0.3 is 0 Å². The summed E-state index contributed by atoms with van der Waals surface area (Å²) in [4.78, 5) is 16.0. The zero-order valence-electron chi connectivity index (χ0n) is 17.4. The number of sulfone groups is 1. The van der Waals surface area contributed by atoms with Crippen molar-refractivity contribution in [3.63, 3.8) is 0 Å². The molecule has 0 spiro atoms. The molecule has 4 rings (SSSR count). The van der Waals surface area contributed by atoms with E-state index in [9.17, 15) is 13.2 Å². The molecule has 0 bridgehead atoms. The fourth-order valence-electron chi connectivity index (χ4n) is 3.65. The van der Waals surface area contributed by atoms with Gasteiger partial charge in [0.1, 0.15) is 5.75 Å². The molecule has 3 heterocycles. The lowest BCUT2D eigenvalue weighted by atomic mass is 10.1. The number of nitrogens with zero attached hydrogens (tertiary/aromatic N) is 2. The molecule has 2 aromatic heterocycles. The molecule has 0 radical (unpaired) electrons. The van der Waals surface area contributed by atoms with E-state index in [1.165, 1.54) is 0 Å². The lowest BCUT2D eigenvalue weighted by Gasteiger charge is -2.27. The van der Waals surface area contributed by atoms with Gasteiger partial charge in [0.25, 0.3) is 5.91 Å². The molecule has 1 saturated heterocycles. The van der Waals surface area contributed by atoms with Gasteiger partial charge in [0.05, 0.1) is 24.7 Å². The Labute approximate surface area is 185 Å². The third kappa shape index (κ3) is 4.83. The van der Waals surface area contributed by atoms with Crippen LogP contribution in [0.25, 0.3) is 11.3 Å². The van der Waals surface area contributed by atoms with Crippen molar-refractivity contribution in [2.45, 2.75) is 32.9 Å². The van der Waals surface area contributed by atoms with Crippen LogP contribution in [0.1, 0.15) is 34.3 Å². The molecule has 1 aliphatic heterocycles. The van der Waals surface area contributed by atoms with Crippen LogP contribution in [0.2, 0.25) is 0 Å². The van der Waals surface area contributed by atoms with Gasteiger partial charge in [0.15, 0.2) is 21.3 Å². The molecular formula is C22H24N2O5S2. The van der Waals surface area contributed by atoms with Gasteiger partial charge in [-0.15, -0.1) is 11.3 Å². The van der Waals surface area contributed by atoms with Crippen molar-refractivity contribution in [1.82, 2.24) is 10.1 Å². The first-order chi connectivity index (χ1) is 14.9. The van der Waals surface area contributed by atoms with Crippen molar-refractivity contribution in [2.75, 3.05) is 18.1 Å². The number of aromatic nitrogens is 1. The van der Waals surface area contributed by atoms with Crippen molar-refractivity contribution in [2.24, 2.45) is 0 Å². The minimum atomic E-state index is -3.14. The van der Waals surface area contributed by atoms with Crippen molar-refractivity contribution in [1.29, 1.82) is 0 Å². The first-order valence-corrected chi connectivity index (χ1v) is 12.8. The van der Waals surface area contributed by atoms with Crippen LogP contribution in [0.4, 0.5) is 0 Å². The molecule has 0 saturated carbocycles. The highest BCUT2D eigenvalue weighted by molar-refractivity contribution is 7.91. The van der Waals surface area contributed by atoms with Crippen molar-refractivity contribution >= 4 is 27.1 Å². The van der Waals surface area contributed by atoms with Gasteiger partial charge in [-0.25, -0.2) is 8.42 Å². The average Bonchev–Trinajstić information content (AvgIpc) is 3.47. The Morgan fingerprint density at radius 3 is 2.68 bits per heavy atom. The van der Waals surface area contributed by atoms with E-state index in [1.807, 2.05) is 49.6 Å². The minimum Gasteiger partial charge on any atom is -0.494 e. The second-order valence-electron chi connectivity index (χ2n) is 7.55. The van der Waals surface area contributed by atoms with Gasteiger partial charge in [-0.05, 0) is 61.5 Å². The number of thiophene rings is 1. The number of hydrogen-bond acceptors (Lipinski definition) is 7. The number of rotatable bonds is 7. The molecule has 0 unspecified atom stereocenters. The summed E-state index contributed by atoms with van der Waals surface area (Å²) < 4.78 is 35.0. The highest BCUT2D eigenvalue weighted by atomic mass is 32.2. The van der Waals surface area contributed by atoms with Gasteiger partial charge in [-0.2, -0.15) is 0 Å². The highest BCUT2D eigenvalue weighted by Crippen LogP contribution is 2.28. The second kappa shape index (κ2) is 8.84. The third-order valence-electron chi connectivity index (χ3n) is 5.37. The van der Waals surface area contributed by atoms with E-state index in [2.05, 4.69) is 5.16 Å². The van der Waals surface area contributed by atoms with Crippen LogP contribution >= 0.6 is 11.3 Å². The van der Waals surface area contributed by atoms with Crippen LogP contribution in [-0.4, -0.2) is 48.5 Å². The summed E-state index contributed by atoms with van der Waals surface area (Å²) in [6.07, 6.45) is 0.433. The summed E-state index contributed by atoms with van der Waals surface area (Å²) >= 11 is 1.56. The second-order valence-corrected chi connectivity index (χ2v) is 10.8. The summed E-state index contributed by atoms with van der Waals surface area (Å²) in [6.45, 7) is 4.84. The molecule has 7 nitrogen and oxygen atoms in total. The summed E-state index contributed by atoms with van der Waals surface area (Å²) in [6, 6.07) is 10.6. The molecule has 1 fully saturated rings. The summed E-state index contributed by atoms with van der Waals surface area (Å²) in [7, 11) is -3.14. The monoisotopic (exact) mass is 460 g/mol. The van der Waals surface area contributed by atoms with Gasteiger partial charge in [0, 0.05) is 22.5 Å². The van der Waals surface area contributed by atoms with E-state index in [4.69, 9.17) is 9.26 Å². The molecule has 1 aliphatic rings. The summed E-state index contributed by atoms with van der Waals surface area (Å²) in [5.41, 5.74) is 2.03. The predicted molar refractivity (Wildman–Crippen MR) is 119 cm³/mol. The van der Waals surface area contributed by atoms with E-state index >= 15 is 0 Å². The number of benzene rings is 1. The molecule has 164 valence electrons. The first-order valence-electron chi connectivity index (χ1n) is 10.1. The molecule has 1 amide bonds. The lowest BCUT2D eigenvalue weighted by Crippen LogP contribution is -2.40. The Balaban J connectivity index is 1.59. The normalized spacial score (nSPS) is 17.5. The van der Waals surface area contributed by atoms with E-state index in [0.29, 0.717) is 25.3 Å². The SMILES string of the molecule is CCOc1ccc(-c2cc(C(=O)N(Cc3sccc3C)[C@H]3CCS(=O)(=O)C3)no2)cc1. The molecule has 1 aromatic carbocycles. The molecule has 31 heavy (non-hydrogen) atoms. The zero-order chi connectivity index (χ0) is 22.0. The Morgan fingerprint density at radius 2 is 2.06 bits per heavy atom. The van der Waals surface area contributed by atoms with Crippen molar-refractivity contribution in [3.05, 3.63) is 57.9 Å². The van der Waals surface area contributed by atoms with Crippen molar-refractivity contribution < 1.29 is 22.5 Å². The van der Waals surface area contributed by atoms with Crippen LogP contribution in [0.5, 0.6) is 5.75 Å². The maximum atomic E-state index is 13.4. The van der Waals surface area contributed by atoms with Gasteiger partial charge < -0.3 is 14.2 Å². The molecular weight excluding hydrogens is 436 g/mol. The van der Waals surface area contributed by atoms with E-state index in [-0.39, 0.29) is 29.1 Å². The molecule has 9 heteroatoms. The smallest absolute Gasteiger partial charge is 0.276 e. The maximum absolute atomic E-state index is 13.4. The molecule has 0 aliphatic carbocycles. The van der Waals surface area contributed by atoms with Gasteiger partial charge in [-0.3, -0.25) is 4.79 Å². The fourth-order valence-corrected chi connectivity index (χ4v) is 6.28. The third-order valence-corrected chi connectivity index (χ3v) is 8.13. The lowest BCUT2D eigenvalue weighted by molar-refractivity contribution is 0.0672. The number of aryl methyl sites for hydroxylation is 1. The van der Waals surface area contributed by atoms with E-state index < -0.39 is 9.84 Å². The number of carbonyl (C=O) groups excluding carboxylic acids is 1. The van der Waals surface area contributed by atoms with Gasteiger partial charge in [-0.1, -0.05) is 5.16 Å². The van der Waals surface area contributed by atoms with E-state index in [0.717, 1.165) is 21.8 Å². The number of carbonyl (C=O) groups is 1. The Morgan fingerprint density at radius 1 is 1.29 bits per heavy atom. The topological polar surface area (TPSA) is 89.7 Å². The van der Waals surface area contributed by atoms with Crippen LogP contribution in [0, 0.1) is 6.92 Å². The van der Waals surface area contributed by atoms with Crippen LogP contribution in [0.15, 0.2) is 46.3 Å². The number of ether oxygens (including phenoxy) is 1. The van der Waals surface area contributed by atoms with Crippen LogP contribution in [0.3, 0.4) is 0 Å². The predicted octanol–water partition coefficient (Wildman–Crippen LogP) is 3.94. The Hall–Kier alpha value is -2.65. The molecule has 1 atom stereocenters. The quantitative estimate of drug-likeness (QED) is 0.531. The average molecular weight is 461 g/mol.